The van der Waals surface area contributed by atoms with Crippen molar-refractivity contribution in [3.8, 4) is 0 Å². The molecule has 1 fully saturated rings. The molecule has 2 rings (SSSR count). The summed E-state index contributed by atoms with van der Waals surface area (Å²) in [6, 6.07) is 2.06. The van der Waals surface area contributed by atoms with E-state index in [4.69, 9.17) is 0 Å². The van der Waals surface area contributed by atoms with Crippen molar-refractivity contribution in [3.63, 3.8) is 0 Å². The minimum absolute atomic E-state index is 0.131. The molecule has 1 amide bonds. The van der Waals surface area contributed by atoms with Crippen molar-refractivity contribution in [1.29, 1.82) is 0 Å². The van der Waals surface area contributed by atoms with Crippen molar-refractivity contribution in [2.45, 2.75) is 25.8 Å². The smallest absolute Gasteiger partial charge is 0.222 e. The maximum Gasteiger partial charge on any atom is 0.222 e. The summed E-state index contributed by atoms with van der Waals surface area (Å²) in [5.74, 6) is 0.753. The fraction of sp³-hybridized carbons (Fsp3) is 0.500. The highest BCUT2D eigenvalue weighted by molar-refractivity contribution is 5.78. The van der Waals surface area contributed by atoms with Gasteiger partial charge in [0.25, 0.3) is 0 Å². The third-order valence-electron chi connectivity index (χ3n) is 2.39. The van der Waals surface area contributed by atoms with Crippen molar-refractivity contribution < 1.29 is 4.79 Å². The molecule has 1 saturated heterocycles. The fourth-order valence-corrected chi connectivity index (χ4v) is 1.58. The van der Waals surface area contributed by atoms with E-state index in [1.165, 1.54) is 0 Å². The van der Waals surface area contributed by atoms with Crippen LogP contribution in [0, 0.1) is 6.92 Å². The van der Waals surface area contributed by atoms with Crippen LogP contribution in [0.1, 0.15) is 18.5 Å². The van der Waals surface area contributed by atoms with E-state index in [-0.39, 0.29) is 11.9 Å². The second-order valence-electron chi connectivity index (χ2n) is 3.71. The fourth-order valence-electron chi connectivity index (χ4n) is 1.58. The highest BCUT2D eigenvalue weighted by Gasteiger charge is 2.20. The van der Waals surface area contributed by atoms with Gasteiger partial charge in [-0.1, -0.05) is 0 Å². The summed E-state index contributed by atoms with van der Waals surface area (Å²) < 4.78 is 0. The summed E-state index contributed by atoms with van der Waals surface area (Å²) in [6.45, 7) is 2.61. The molecular weight excluding hydrogens is 192 g/mol. The van der Waals surface area contributed by atoms with Crippen molar-refractivity contribution in [1.82, 2.24) is 15.3 Å². The summed E-state index contributed by atoms with van der Waals surface area (Å²) in [5.41, 5.74) is 0.933. The minimum Gasteiger partial charge on any atom is -0.352 e. The molecule has 1 aromatic rings. The van der Waals surface area contributed by atoms with E-state index in [2.05, 4.69) is 20.6 Å². The summed E-state index contributed by atoms with van der Waals surface area (Å²) in [7, 11) is 0. The number of anilines is 1. The number of aryl methyl sites for hydroxylation is 1. The maximum absolute atomic E-state index is 10.9. The normalized spacial score (nSPS) is 20.1. The lowest BCUT2D eigenvalue weighted by Crippen LogP contribution is -2.32. The van der Waals surface area contributed by atoms with E-state index in [1.807, 2.05) is 13.0 Å². The Balaban J connectivity index is 1.85. The zero-order valence-electron chi connectivity index (χ0n) is 8.66. The summed E-state index contributed by atoms with van der Waals surface area (Å²) in [5, 5.41) is 5.99. The molecule has 0 spiro atoms. The molecule has 5 nitrogen and oxygen atoms in total. The number of amides is 1. The molecule has 1 unspecified atom stereocenters. The van der Waals surface area contributed by atoms with Crippen molar-refractivity contribution in [2.24, 2.45) is 0 Å². The van der Waals surface area contributed by atoms with Crippen LogP contribution in [0.2, 0.25) is 0 Å². The van der Waals surface area contributed by atoms with Gasteiger partial charge in [0.1, 0.15) is 0 Å². The lowest BCUT2D eigenvalue weighted by atomic mass is 10.2. The van der Waals surface area contributed by atoms with Crippen LogP contribution in [0.25, 0.3) is 0 Å². The molecule has 2 N–H and O–H groups in total. The van der Waals surface area contributed by atoms with Crippen LogP contribution in [0.5, 0.6) is 0 Å². The molecule has 1 aromatic heterocycles. The molecular formula is C10H14N4O. The Morgan fingerprint density at radius 1 is 1.67 bits per heavy atom. The molecule has 5 heteroatoms. The van der Waals surface area contributed by atoms with Gasteiger partial charge in [0.2, 0.25) is 11.9 Å². The first-order valence-electron chi connectivity index (χ1n) is 5.07. The number of carbonyl (C=O) groups is 1. The second-order valence-corrected chi connectivity index (χ2v) is 3.71. The number of hydrogen-bond donors (Lipinski definition) is 2. The SMILES string of the molecule is Cc1ccnc(NCC2CCC(=O)N2)n1. The first kappa shape index (κ1) is 9.89. The average molecular weight is 206 g/mol. The van der Waals surface area contributed by atoms with Gasteiger partial charge in [-0.05, 0) is 19.4 Å². The molecule has 1 aliphatic rings. The van der Waals surface area contributed by atoms with Crippen LogP contribution in [0.15, 0.2) is 12.3 Å². The van der Waals surface area contributed by atoms with Crippen LogP contribution in [-0.4, -0.2) is 28.5 Å². The number of hydrogen-bond acceptors (Lipinski definition) is 4. The number of rotatable bonds is 3. The molecule has 1 atom stereocenters. The number of nitrogens with zero attached hydrogens (tertiary/aromatic N) is 2. The predicted molar refractivity (Wildman–Crippen MR) is 56.4 cm³/mol. The Labute approximate surface area is 88.3 Å². The number of nitrogens with one attached hydrogen (secondary N) is 2. The van der Waals surface area contributed by atoms with Crippen molar-refractivity contribution >= 4 is 11.9 Å². The molecule has 0 bridgehead atoms. The zero-order valence-corrected chi connectivity index (χ0v) is 8.66. The van der Waals surface area contributed by atoms with Crippen LogP contribution < -0.4 is 10.6 Å². The molecule has 0 saturated carbocycles. The van der Waals surface area contributed by atoms with Gasteiger partial charge in [0, 0.05) is 30.9 Å². The lowest BCUT2D eigenvalue weighted by molar-refractivity contribution is -0.119. The van der Waals surface area contributed by atoms with E-state index in [1.54, 1.807) is 6.20 Å². The Hall–Kier alpha value is -1.65. The quantitative estimate of drug-likeness (QED) is 0.754. The molecule has 2 heterocycles. The highest BCUT2D eigenvalue weighted by atomic mass is 16.1. The van der Waals surface area contributed by atoms with E-state index in [9.17, 15) is 4.79 Å². The second kappa shape index (κ2) is 4.25. The van der Waals surface area contributed by atoms with E-state index in [0.717, 1.165) is 12.1 Å². The molecule has 0 aromatic carbocycles. The van der Waals surface area contributed by atoms with Gasteiger partial charge in [-0.2, -0.15) is 0 Å². The average Bonchev–Trinajstić information content (AvgIpc) is 2.62. The summed E-state index contributed by atoms with van der Waals surface area (Å²) in [4.78, 5) is 19.3. The number of carbonyl (C=O) groups excluding carboxylic acids is 1. The van der Waals surface area contributed by atoms with Gasteiger partial charge in [0.15, 0.2) is 0 Å². The van der Waals surface area contributed by atoms with Crippen LogP contribution in [-0.2, 0) is 4.79 Å². The molecule has 0 radical (unpaired) electrons. The third-order valence-corrected chi connectivity index (χ3v) is 2.39. The van der Waals surface area contributed by atoms with Gasteiger partial charge in [-0.15, -0.1) is 0 Å². The van der Waals surface area contributed by atoms with E-state index in [0.29, 0.717) is 18.9 Å². The van der Waals surface area contributed by atoms with Crippen molar-refractivity contribution in [3.05, 3.63) is 18.0 Å². The van der Waals surface area contributed by atoms with E-state index >= 15 is 0 Å². The topological polar surface area (TPSA) is 66.9 Å². The van der Waals surface area contributed by atoms with Crippen molar-refractivity contribution in [2.75, 3.05) is 11.9 Å². The van der Waals surface area contributed by atoms with Crippen LogP contribution in [0.3, 0.4) is 0 Å². The molecule has 15 heavy (non-hydrogen) atoms. The maximum atomic E-state index is 10.9. The Morgan fingerprint density at radius 3 is 3.20 bits per heavy atom. The van der Waals surface area contributed by atoms with Gasteiger partial charge < -0.3 is 10.6 Å². The first-order chi connectivity index (χ1) is 7.24. The largest absolute Gasteiger partial charge is 0.352 e. The highest BCUT2D eigenvalue weighted by Crippen LogP contribution is 2.07. The Kier molecular flexibility index (Phi) is 2.80. The van der Waals surface area contributed by atoms with Crippen LogP contribution >= 0.6 is 0 Å². The zero-order chi connectivity index (χ0) is 10.7. The van der Waals surface area contributed by atoms with Crippen LogP contribution in [0.4, 0.5) is 5.95 Å². The van der Waals surface area contributed by atoms with E-state index < -0.39 is 0 Å². The summed E-state index contributed by atoms with van der Waals surface area (Å²) in [6.07, 6.45) is 3.23. The monoisotopic (exact) mass is 206 g/mol. The standard InChI is InChI=1S/C10H14N4O/c1-7-4-5-11-10(13-7)12-6-8-2-3-9(15)14-8/h4-5,8H,2-3,6H2,1H3,(H,14,15)(H,11,12,13). The van der Waals surface area contributed by atoms with Gasteiger partial charge >= 0.3 is 0 Å². The minimum atomic E-state index is 0.131. The van der Waals surface area contributed by atoms with Gasteiger partial charge in [-0.25, -0.2) is 9.97 Å². The number of aromatic nitrogens is 2. The molecule has 80 valence electrons. The molecule has 1 aliphatic heterocycles. The third kappa shape index (κ3) is 2.65. The van der Waals surface area contributed by atoms with Gasteiger partial charge in [0.05, 0.1) is 0 Å². The Bertz CT molecular complexity index is 366. The Morgan fingerprint density at radius 2 is 2.53 bits per heavy atom. The predicted octanol–water partition coefficient (Wildman–Crippen LogP) is 0.476. The van der Waals surface area contributed by atoms with Gasteiger partial charge in [-0.3, -0.25) is 4.79 Å². The molecule has 0 aliphatic carbocycles. The first-order valence-corrected chi connectivity index (χ1v) is 5.07. The summed E-state index contributed by atoms with van der Waals surface area (Å²) >= 11 is 0. The lowest BCUT2D eigenvalue weighted by Gasteiger charge is -2.10.